The Morgan fingerprint density at radius 3 is 2.60 bits per heavy atom. The van der Waals surface area contributed by atoms with E-state index in [0.717, 1.165) is 10.0 Å². The zero-order chi connectivity index (χ0) is 24.8. The SMILES string of the molecule is COc1ccc(N=C2SC(C(=O)Nc3cccc(Br)c3)CC(=O)N2CCc2ccc(Cl)cc2)cc1. The van der Waals surface area contributed by atoms with Crippen molar-refractivity contribution in [3.05, 3.63) is 87.9 Å². The van der Waals surface area contributed by atoms with Crippen molar-refractivity contribution in [2.45, 2.75) is 18.1 Å². The number of rotatable bonds is 7. The highest BCUT2D eigenvalue weighted by molar-refractivity contribution is 9.10. The second-order valence-corrected chi connectivity index (χ2v) is 10.3. The van der Waals surface area contributed by atoms with Gasteiger partial charge < -0.3 is 10.1 Å². The maximum absolute atomic E-state index is 13.2. The van der Waals surface area contributed by atoms with E-state index in [0.29, 0.717) is 40.3 Å². The summed E-state index contributed by atoms with van der Waals surface area (Å²) < 4.78 is 6.08. The largest absolute Gasteiger partial charge is 0.497 e. The summed E-state index contributed by atoms with van der Waals surface area (Å²) in [5.74, 6) is 0.341. The van der Waals surface area contributed by atoms with Crippen LogP contribution in [0.3, 0.4) is 0 Å². The van der Waals surface area contributed by atoms with Crippen molar-refractivity contribution in [2.24, 2.45) is 4.99 Å². The number of benzene rings is 3. The van der Waals surface area contributed by atoms with E-state index in [1.807, 2.05) is 72.8 Å². The first-order valence-electron chi connectivity index (χ1n) is 10.9. The molecule has 0 spiro atoms. The first-order chi connectivity index (χ1) is 16.9. The van der Waals surface area contributed by atoms with Crippen LogP contribution in [-0.2, 0) is 16.0 Å². The van der Waals surface area contributed by atoms with Gasteiger partial charge in [0.25, 0.3) is 0 Å². The van der Waals surface area contributed by atoms with Crippen molar-refractivity contribution in [2.75, 3.05) is 19.0 Å². The first-order valence-corrected chi connectivity index (χ1v) is 13.0. The van der Waals surface area contributed by atoms with E-state index in [2.05, 4.69) is 21.2 Å². The van der Waals surface area contributed by atoms with Gasteiger partial charge in [0, 0.05) is 28.1 Å². The molecule has 0 aromatic heterocycles. The second-order valence-electron chi connectivity index (χ2n) is 7.82. The minimum atomic E-state index is -0.592. The molecule has 1 saturated heterocycles. The van der Waals surface area contributed by atoms with Gasteiger partial charge in [0.15, 0.2) is 5.17 Å². The molecule has 1 atom stereocenters. The maximum Gasteiger partial charge on any atom is 0.238 e. The van der Waals surface area contributed by atoms with Crippen molar-refractivity contribution in [3.63, 3.8) is 0 Å². The fraction of sp³-hybridized carbons (Fsp3) is 0.192. The van der Waals surface area contributed by atoms with Crippen LogP contribution in [0, 0.1) is 0 Å². The molecule has 4 rings (SSSR count). The Labute approximate surface area is 221 Å². The van der Waals surface area contributed by atoms with Crippen LogP contribution in [0.4, 0.5) is 11.4 Å². The number of ether oxygens (including phenoxy) is 1. The summed E-state index contributed by atoms with van der Waals surface area (Å²) in [7, 11) is 1.60. The zero-order valence-electron chi connectivity index (χ0n) is 18.9. The fourth-order valence-corrected chi connectivity index (χ4v) is 5.16. The number of hydrogen-bond acceptors (Lipinski definition) is 5. The summed E-state index contributed by atoms with van der Waals surface area (Å²) >= 11 is 10.7. The second kappa shape index (κ2) is 11.7. The highest BCUT2D eigenvalue weighted by Gasteiger charge is 2.35. The van der Waals surface area contributed by atoms with Crippen molar-refractivity contribution < 1.29 is 14.3 Å². The monoisotopic (exact) mass is 571 g/mol. The number of thioether (sulfide) groups is 1. The van der Waals surface area contributed by atoms with E-state index in [9.17, 15) is 9.59 Å². The molecule has 2 amide bonds. The van der Waals surface area contributed by atoms with Gasteiger partial charge in [-0.15, -0.1) is 0 Å². The van der Waals surface area contributed by atoms with Crippen LogP contribution in [0.2, 0.25) is 5.02 Å². The number of halogens is 2. The van der Waals surface area contributed by atoms with Crippen LogP contribution in [0.5, 0.6) is 5.75 Å². The number of amides is 2. The molecule has 0 aliphatic carbocycles. The summed E-state index contributed by atoms with van der Waals surface area (Å²) in [6.07, 6.45) is 0.729. The van der Waals surface area contributed by atoms with Crippen molar-refractivity contribution >= 4 is 67.6 Å². The molecule has 35 heavy (non-hydrogen) atoms. The standard InChI is InChI=1S/C26H23BrClN3O3S/c1-34-22-11-9-20(10-12-22)30-26-31(14-13-17-5-7-19(28)8-6-17)24(32)16-23(35-26)25(33)29-21-4-2-3-18(27)15-21/h2-12,15,23H,13-14,16H2,1H3,(H,29,33). The molecule has 0 bridgehead atoms. The lowest BCUT2D eigenvalue weighted by molar-refractivity contribution is -0.129. The number of hydrogen-bond donors (Lipinski definition) is 1. The maximum atomic E-state index is 13.2. The summed E-state index contributed by atoms with van der Waals surface area (Å²) in [4.78, 5) is 32.6. The number of nitrogens with one attached hydrogen (secondary N) is 1. The molecule has 180 valence electrons. The van der Waals surface area contributed by atoms with Crippen LogP contribution >= 0.6 is 39.3 Å². The first kappa shape index (κ1) is 25.3. The molecule has 1 fully saturated rings. The highest BCUT2D eigenvalue weighted by Crippen LogP contribution is 2.31. The van der Waals surface area contributed by atoms with Crippen LogP contribution in [0.15, 0.2) is 82.3 Å². The smallest absolute Gasteiger partial charge is 0.238 e. The van der Waals surface area contributed by atoms with Gasteiger partial charge in [-0.3, -0.25) is 14.5 Å². The van der Waals surface area contributed by atoms with E-state index in [4.69, 9.17) is 21.3 Å². The summed E-state index contributed by atoms with van der Waals surface area (Å²) in [6, 6.07) is 22.2. The molecule has 0 saturated carbocycles. The lowest BCUT2D eigenvalue weighted by Crippen LogP contribution is -2.46. The number of methoxy groups -OCH3 is 1. The molecule has 1 unspecified atom stereocenters. The Bertz CT molecular complexity index is 1240. The number of anilines is 1. The van der Waals surface area contributed by atoms with Crippen molar-refractivity contribution in [1.82, 2.24) is 4.90 Å². The lowest BCUT2D eigenvalue weighted by atomic mass is 10.1. The van der Waals surface area contributed by atoms with E-state index in [-0.39, 0.29) is 18.2 Å². The number of nitrogens with zero attached hydrogens (tertiary/aromatic N) is 2. The summed E-state index contributed by atoms with van der Waals surface area (Å²) in [6.45, 7) is 0.447. The lowest BCUT2D eigenvalue weighted by Gasteiger charge is -2.32. The quantitative estimate of drug-likeness (QED) is 0.360. The number of carbonyl (C=O) groups is 2. The average Bonchev–Trinajstić information content (AvgIpc) is 2.85. The average molecular weight is 573 g/mol. The molecule has 3 aromatic carbocycles. The van der Waals surface area contributed by atoms with Crippen LogP contribution in [0.25, 0.3) is 0 Å². The van der Waals surface area contributed by atoms with Crippen molar-refractivity contribution in [3.8, 4) is 5.75 Å². The number of amidine groups is 1. The Balaban J connectivity index is 1.55. The highest BCUT2D eigenvalue weighted by atomic mass is 79.9. The van der Waals surface area contributed by atoms with Gasteiger partial charge in [0.1, 0.15) is 11.0 Å². The van der Waals surface area contributed by atoms with Gasteiger partial charge >= 0.3 is 0 Å². The van der Waals surface area contributed by atoms with Gasteiger partial charge in [-0.05, 0) is 66.6 Å². The molecular formula is C26H23BrClN3O3S. The third-order valence-corrected chi connectivity index (χ3v) is 7.29. The molecular weight excluding hydrogens is 550 g/mol. The Hall–Kier alpha value is -2.81. The number of carbonyl (C=O) groups excluding carboxylic acids is 2. The van der Waals surface area contributed by atoms with E-state index in [1.165, 1.54) is 11.8 Å². The molecule has 9 heteroatoms. The van der Waals surface area contributed by atoms with Crippen LogP contribution in [-0.4, -0.2) is 40.8 Å². The van der Waals surface area contributed by atoms with E-state index < -0.39 is 5.25 Å². The topological polar surface area (TPSA) is 71.0 Å². The predicted octanol–water partition coefficient (Wildman–Crippen LogP) is 6.31. The molecule has 1 N–H and O–H groups in total. The molecule has 1 aliphatic heterocycles. The van der Waals surface area contributed by atoms with Gasteiger partial charge in [-0.2, -0.15) is 0 Å². The predicted molar refractivity (Wildman–Crippen MR) is 146 cm³/mol. The summed E-state index contributed by atoms with van der Waals surface area (Å²) in [5.41, 5.74) is 2.40. The van der Waals surface area contributed by atoms with Gasteiger partial charge in [-0.1, -0.05) is 57.5 Å². The Morgan fingerprint density at radius 1 is 1.17 bits per heavy atom. The molecule has 0 radical (unpaired) electrons. The third-order valence-electron chi connectivity index (χ3n) is 5.36. The van der Waals surface area contributed by atoms with Crippen molar-refractivity contribution in [1.29, 1.82) is 0 Å². The third kappa shape index (κ3) is 6.87. The number of aliphatic imine (C=N–C) groups is 1. The Morgan fingerprint density at radius 2 is 1.91 bits per heavy atom. The summed E-state index contributed by atoms with van der Waals surface area (Å²) in [5, 5.41) is 3.47. The molecule has 1 heterocycles. The fourth-order valence-electron chi connectivity index (χ4n) is 3.51. The normalized spacial score (nSPS) is 16.9. The van der Waals surface area contributed by atoms with Gasteiger partial charge in [-0.25, -0.2) is 4.99 Å². The minimum Gasteiger partial charge on any atom is -0.497 e. The van der Waals surface area contributed by atoms with Gasteiger partial charge in [0.2, 0.25) is 11.8 Å². The molecule has 3 aromatic rings. The minimum absolute atomic E-state index is 0.0900. The van der Waals surface area contributed by atoms with Crippen LogP contribution in [0.1, 0.15) is 12.0 Å². The van der Waals surface area contributed by atoms with E-state index in [1.54, 1.807) is 12.0 Å². The Kier molecular flexibility index (Phi) is 8.49. The molecule has 1 aliphatic rings. The molecule has 6 nitrogen and oxygen atoms in total. The zero-order valence-corrected chi connectivity index (χ0v) is 22.1. The van der Waals surface area contributed by atoms with Gasteiger partial charge in [0.05, 0.1) is 12.8 Å². The van der Waals surface area contributed by atoms with Crippen LogP contribution < -0.4 is 10.1 Å². The van der Waals surface area contributed by atoms with E-state index >= 15 is 0 Å².